The van der Waals surface area contributed by atoms with Gasteiger partial charge in [-0.15, -0.1) is 0 Å². The average molecular weight is 252 g/mol. The number of rotatable bonds is 2. The van der Waals surface area contributed by atoms with Gasteiger partial charge in [0.15, 0.2) is 0 Å². The molecule has 2 saturated heterocycles. The maximum atomic E-state index is 12.4. The van der Waals surface area contributed by atoms with E-state index in [-0.39, 0.29) is 17.2 Å². The summed E-state index contributed by atoms with van der Waals surface area (Å²) < 4.78 is 5.51. The zero-order valence-corrected chi connectivity index (χ0v) is 10.8. The Kier molecular flexibility index (Phi) is 2.62. The van der Waals surface area contributed by atoms with Gasteiger partial charge in [0.2, 0.25) is 11.8 Å². The molecule has 0 aromatic carbocycles. The molecule has 2 amide bonds. The summed E-state index contributed by atoms with van der Waals surface area (Å²) in [6.45, 7) is 3.15. The monoisotopic (exact) mass is 252 g/mol. The van der Waals surface area contributed by atoms with Crippen LogP contribution in [0.25, 0.3) is 0 Å². The number of amides is 2. The summed E-state index contributed by atoms with van der Waals surface area (Å²) in [6.07, 6.45) is 3.63. The van der Waals surface area contributed by atoms with E-state index < -0.39 is 5.41 Å². The molecule has 18 heavy (non-hydrogen) atoms. The maximum absolute atomic E-state index is 12.4. The molecule has 3 rings (SSSR count). The first-order valence-electron chi connectivity index (χ1n) is 6.71. The molecule has 0 aromatic rings. The Labute approximate surface area is 107 Å². The van der Waals surface area contributed by atoms with Gasteiger partial charge in [-0.1, -0.05) is 0 Å². The minimum absolute atomic E-state index is 0.0260. The van der Waals surface area contributed by atoms with Crippen molar-refractivity contribution in [3.63, 3.8) is 0 Å². The molecule has 0 atom stereocenters. The van der Waals surface area contributed by atoms with Crippen molar-refractivity contribution in [2.24, 2.45) is 10.8 Å². The number of hydrogen-bond donors (Lipinski definition) is 1. The standard InChI is InChI=1S/C13H20N2O3/c1-14-10(16)13(4-5-13)11(17)15-7-12(8-15)3-2-6-18-9-12/h2-9H2,1H3,(H,14,16). The summed E-state index contributed by atoms with van der Waals surface area (Å²) in [5.74, 6) is -0.0913. The lowest BCUT2D eigenvalue weighted by molar-refractivity contribution is -0.162. The topological polar surface area (TPSA) is 58.6 Å². The zero-order chi connectivity index (χ0) is 12.8. The van der Waals surface area contributed by atoms with Gasteiger partial charge < -0.3 is 15.0 Å². The Hall–Kier alpha value is -1.10. The molecule has 100 valence electrons. The highest BCUT2D eigenvalue weighted by atomic mass is 16.5. The van der Waals surface area contributed by atoms with Crippen LogP contribution in [-0.4, -0.2) is 50.1 Å². The molecule has 0 bridgehead atoms. The molecule has 5 heteroatoms. The van der Waals surface area contributed by atoms with Gasteiger partial charge in [0.25, 0.3) is 0 Å². The Morgan fingerprint density at radius 1 is 1.22 bits per heavy atom. The lowest BCUT2D eigenvalue weighted by Crippen LogP contribution is -2.63. The van der Waals surface area contributed by atoms with Crippen LogP contribution in [0.4, 0.5) is 0 Å². The summed E-state index contributed by atoms with van der Waals surface area (Å²) in [6, 6.07) is 0. The Morgan fingerprint density at radius 2 is 1.94 bits per heavy atom. The highest BCUT2D eigenvalue weighted by molar-refractivity contribution is 6.08. The van der Waals surface area contributed by atoms with Gasteiger partial charge >= 0.3 is 0 Å². The lowest BCUT2D eigenvalue weighted by Gasteiger charge is -2.52. The first-order chi connectivity index (χ1) is 8.62. The van der Waals surface area contributed by atoms with E-state index >= 15 is 0 Å². The molecule has 0 radical (unpaired) electrons. The smallest absolute Gasteiger partial charge is 0.238 e. The Balaban J connectivity index is 1.61. The largest absolute Gasteiger partial charge is 0.381 e. The molecule has 3 fully saturated rings. The fourth-order valence-corrected chi connectivity index (χ4v) is 3.27. The van der Waals surface area contributed by atoms with E-state index in [1.54, 1.807) is 7.05 Å². The van der Waals surface area contributed by atoms with Crippen molar-refractivity contribution < 1.29 is 14.3 Å². The molecule has 1 spiro atoms. The first kappa shape index (κ1) is 12.0. The Morgan fingerprint density at radius 3 is 2.44 bits per heavy atom. The second kappa shape index (κ2) is 3.95. The Bertz CT molecular complexity index is 376. The van der Waals surface area contributed by atoms with Gasteiger partial charge in [0.1, 0.15) is 5.41 Å². The van der Waals surface area contributed by atoms with Crippen LogP contribution < -0.4 is 5.32 Å². The molecular weight excluding hydrogens is 232 g/mol. The summed E-state index contributed by atoms with van der Waals surface area (Å²) >= 11 is 0. The normalized spacial score (nSPS) is 27.5. The van der Waals surface area contributed by atoms with Gasteiger partial charge in [0.05, 0.1) is 6.61 Å². The minimum Gasteiger partial charge on any atom is -0.381 e. The maximum Gasteiger partial charge on any atom is 0.238 e. The zero-order valence-electron chi connectivity index (χ0n) is 10.8. The predicted molar refractivity (Wildman–Crippen MR) is 64.8 cm³/mol. The van der Waals surface area contributed by atoms with Crippen LogP contribution in [0.5, 0.6) is 0 Å². The fourth-order valence-electron chi connectivity index (χ4n) is 3.27. The van der Waals surface area contributed by atoms with Crippen LogP contribution >= 0.6 is 0 Å². The molecule has 0 unspecified atom stereocenters. The second-order valence-electron chi connectivity index (χ2n) is 5.98. The average Bonchev–Trinajstić information content (AvgIpc) is 3.16. The van der Waals surface area contributed by atoms with E-state index in [0.717, 1.165) is 39.1 Å². The third kappa shape index (κ3) is 1.64. The van der Waals surface area contributed by atoms with Crippen LogP contribution in [-0.2, 0) is 14.3 Å². The van der Waals surface area contributed by atoms with E-state index in [0.29, 0.717) is 12.8 Å². The summed E-state index contributed by atoms with van der Waals surface area (Å²) in [7, 11) is 1.60. The summed E-state index contributed by atoms with van der Waals surface area (Å²) in [4.78, 5) is 26.0. The molecule has 5 nitrogen and oxygen atoms in total. The van der Waals surface area contributed by atoms with E-state index in [4.69, 9.17) is 4.74 Å². The van der Waals surface area contributed by atoms with E-state index in [1.165, 1.54) is 0 Å². The van der Waals surface area contributed by atoms with Crippen molar-refractivity contribution in [2.45, 2.75) is 25.7 Å². The van der Waals surface area contributed by atoms with Crippen molar-refractivity contribution in [3.8, 4) is 0 Å². The predicted octanol–water partition coefficient (Wildman–Crippen LogP) is 0.152. The number of hydrogen-bond acceptors (Lipinski definition) is 3. The SMILES string of the molecule is CNC(=O)C1(C(=O)N2CC3(CCCOC3)C2)CC1. The van der Waals surface area contributed by atoms with Gasteiger partial charge in [-0.05, 0) is 25.7 Å². The number of carbonyl (C=O) groups is 2. The molecule has 1 saturated carbocycles. The number of carbonyl (C=O) groups excluding carboxylic acids is 2. The van der Waals surface area contributed by atoms with Gasteiger partial charge in [-0.25, -0.2) is 0 Å². The van der Waals surface area contributed by atoms with Crippen molar-refractivity contribution >= 4 is 11.8 Å². The van der Waals surface area contributed by atoms with Crippen LogP contribution in [0.2, 0.25) is 0 Å². The molecule has 3 aliphatic rings. The van der Waals surface area contributed by atoms with Crippen molar-refractivity contribution in [2.75, 3.05) is 33.4 Å². The quantitative estimate of drug-likeness (QED) is 0.712. The molecule has 2 heterocycles. The van der Waals surface area contributed by atoms with E-state index in [1.807, 2.05) is 4.90 Å². The molecule has 1 N–H and O–H groups in total. The first-order valence-corrected chi connectivity index (χ1v) is 6.71. The van der Waals surface area contributed by atoms with Crippen LogP contribution in [0, 0.1) is 10.8 Å². The van der Waals surface area contributed by atoms with Crippen LogP contribution in [0.15, 0.2) is 0 Å². The minimum atomic E-state index is -0.730. The number of nitrogens with one attached hydrogen (secondary N) is 1. The molecule has 1 aliphatic carbocycles. The number of nitrogens with zero attached hydrogens (tertiary/aromatic N) is 1. The molecular formula is C13H20N2O3. The van der Waals surface area contributed by atoms with Crippen molar-refractivity contribution in [1.29, 1.82) is 0 Å². The van der Waals surface area contributed by atoms with Gasteiger partial charge in [-0.3, -0.25) is 9.59 Å². The van der Waals surface area contributed by atoms with E-state index in [9.17, 15) is 9.59 Å². The molecule has 0 aromatic heterocycles. The number of ether oxygens (including phenoxy) is 1. The van der Waals surface area contributed by atoms with Gasteiger partial charge in [-0.2, -0.15) is 0 Å². The van der Waals surface area contributed by atoms with Gasteiger partial charge in [0, 0.05) is 32.2 Å². The van der Waals surface area contributed by atoms with Crippen molar-refractivity contribution in [1.82, 2.24) is 10.2 Å². The third-order valence-electron chi connectivity index (χ3n) is 4.56. The highest BCUT2D eigenvalue weighted by Crippen LogP contribution is 2.50. The van der Waals surface area contributed by atoms with Crippen LogP contribution in [0.3, 0.4) is 0 Å². The van der Waals surface area contributed by atoms with Crippen molar-refractivity contribution in [3.05, 3.63) is 0 Å². The number of likely N-dealkylation sites (tertiary alicyclic amines) is 1. The fraction of sp³-hybridized carbons (Fsp3) is 0.846. The third-order valence-corrected chi connectivity index (χ3v) is 4.56. The lowest BCUT2D eigenvalue weighted by atomic mass is 9.75. The summed E-state index contributed by atoms with van der Waals surface area (Å²) in [5, 5.41) is 2.61. The second-order valence-corrected chi connectivity index (χ2v) is 5.98. The summed E-state index contributed by atoms with van der Waals surface area (Å²) in [5.41, 5.74) is -0.543. The highest BCUT2D eigenvalue weighted by Gasteiger charge is 2.60. The molecule has 2 aliphatic heterocycles. The van der Waals surface area contributed by atoms with Crippen LogP contribution in [0.1, 0.15) is 25.7 Å². The van der Waals surface area contributed by atoms with E-state index in [2.05, 4.69) is 5.32 Å².